The van der Waals surface area contributed by atoms with Crippen LogP contribution in [0.15, 0.2) is 85.1 Å². The van der Waals surface area contributed by atoms with Crippen molar-refractivity contribution in [2.24, 2.45) is 0 Å². The van der Waals surface area contributed by atoms with Gasteiger partial charge in [0.15, 0.2) is 0 Å². The SMILES string of the molecule is CC(=O)Nc1cccc([C@@H](C)NC(=O)Cc2cn(-c3ccccc3)nc2-c2ccc(Cl)cc2)c1. The Morgan fingerprint density at radius 2 is 1.74 bits per heavy atom. The number of nitrogens with one attached hydrogen (secondary N) is 2. The molecule has 7 heteroatoms. The minimum atomic E-state index is -0.232. The number of hydrogen-bond acceptors (Lipinski definition) is 3. The zero-order valence-corrected chi connectivity index (χ0v) is 19.7. The van der Waals surface area contributed by atoms with E-state index in [1.165, 1.54) is 6.92 Å². The number of benzene rings is 3. The van der Waals surface area contributed by atoms with Crippen LogP contribution in [0.2, 0.25) is 5.02 Å². The van der Waals surface area contributed by atoms with Crippen molar-refractivity contribution in [3.8, 4) is 16.9 Å². The van der Waals surface area contributed by atoms with E-state index in [0.29, 0.717) is 10.7 Å². The fourth-order valence-corrected chi connectivity index (χ4v) is 3.87. The molecule has 172 valence electrons. The second-order valence-corrected chi connectivity index (χ2v) is 8.50. The Balaban J connectivity index is 1.56. The molecule has 1 atom stereocenters. The Morgan fingerprint density at radius 1 is 1.00 bits per heavy atom. The molecule has 2 amide bonds. The molecule has 0 radical (unpaired) electrons. The van der Waals surface area contributed by atoms with E-state index in [1.54, 1.807) is 4.68 Å². The molecule has 0 aliphatic heterocycles. The van der Waals surface area contributed by atoms with Gasteiger partial charge in [-0.25, -0.2) is 4.68 Å². The molecule has 1 heterocycles. The molecule has 4 aromatic rings. The van der Waals surface area contributed by atoms with Crippen molar-refractivity contribution in [1.82, 2.24) is 15.1 Å². The maximum atomic E-state index is 13.0. The summed E-state index contributed by atoms with van der Waals surface area (Å²) in [6.45, 7) is 3.38. The highest BCUT2D eigenvalue weighted by Gasteiger charge is 2.17. The highest BCUT2D eigenvalue weighted by atomic mass is 35.5. The highest BCUT2D eigenvalue weighted by molar-refractivity contribution is 6.30. The topological polar surface area (TPSA) is 76.0 Å². The number of hydrogen-bond donors (Lipinski definition) is 2. The quantitative estimate of drug-likeness (QED) is 0.369. The molecule has 0 fully saturated rings. The van der Waals surface area contributed by atoms with Crippen LogP contribution < -0.4 is 10.6 Å². The Bertz CT molecular complexity index is 1300. The van der Waals surface area contributed by atoms with Crippen LogP contribution in [0.4, 0.5) is 5.69 Å². The predicted octanol–water partition coefficient (Wildman–Crippen LogP) is 5.57. The lowest BCUT2D eigenvalue weighted by atomic mass is 10.0. The average Bonchev–Trinajstić information content (AvgIpc) is 3.23. The molecule has 6 nitrogen and oxygen atoms in total. The van der Waals surface area contributed by atoms with Crippen molar-refractivity contribution in [3.63, 3.8) is 0 Å². The first-order chi connectivity index (χ1) is 16.4. The van der Waals surface area contributed by atoms with E-state index < -0.39 is 0 Å². The van der Waals surface area contributed by atoms with Crippen molar-refractivity contribution < 1.29 is 9.59 Å². The first kappa shape index (κ1) is 23.3. The first-order valence-corrected chi connectivity index (χ1v) is 11.3. The van der Waals surface area contributed by atoms with E-state index in [2.05, 4.69) is 10.6 Å². The lowest BCUT2D eigenvalue weighted by Crippen LogP contribution is -2.28. The van der Waals surface area contributed by atoms with Gasteiger partial charge >= 0.3 is 0 Å². The third kappa shape index (κ3) is 5.71. The largest absolute Gasteiger partial charge is 0.349 e. The van der Waals surface area contributed by atoms with Crippen LogP contribution in [0.1, 0.15) is 31.0 Å². The summed E-state index contributed by atoms with van der Waals surface area (Å²) in [6.07, 6.45) is 2.06. The molecule has 0 aliphatic rings. The summed E-state index contributed by atoms with van der Waals surface area (Å²) in [7, 11) is 0. The number of carbonyl (C=O) groups is 2. The molecule has 0 saturated heterocycles. The van der Waals surface area contributed by atoms with Gasteiger partial charge in [-0.2, -0.15) is 5.10 Å². The highest BCUT2D eigenvalue weighted by Crippen LogP contribution is 2.26. The van der Waals surface area contributed by atoms with Crippen molar-refractivity contribution in [2.75, 3.05) is 5.32 Å². The van der Waals surface area contributed by atoms with Crippen LogP contribution in [0.25, 0.3) is 16.9 Å². The third-order valence-corrected chi connectivity index (χ3v) is 5.62. The molecule has 4 rings (SSSR count). The van der Waals surface area contributed by atoms with Gasteiger partial charge in [-0.3, -0.25) is 9.59 Å². The smallest absolute Gasteiger partial charge is 0.225 e. The fraction of sp³-hybridized carbons (Fsp3) is 0.148. The zero-order valence-electron chi connectivity index (χ0n) is 19.0. The number of nitrogens with zero attached hydrogens (tertiary/aromatic N) is 2. The van der Waals surface area contributed by atoms with Crippen LogP contribution in [0.3, 0.4) is 0 Å². The average molecular weight is 473 g/mol. The maximum Gasteiger partial charge on any atom is 0.225 e. The van der Waals surface area contributed by atoms with E-state index in [4.69, 9.17) is 16.7 Å². The summed E-state index contributed by atoms with van der Waals surface area (Å²) in [5.41, 5.74) is 4.93. The van der Waals surface area contributed by atoms with Gasteiger partial charge < -0.3 is 10.6 Å². The van der Waals surface area contributed by atoms with Gasteiger partial charge in [-0.1, -0.05) is 54.1 Å². The van der Waals surface area contributed by atoms with Crippen LogP contribution in [-0.4, -0.2) is 21.6 Å². The van der Waals surface area contributed by atoms with E-state index in [9.17, 15) is 9.59 Å². The van der Waals surface area contributed by atoms with Crippen LogP contribution in [0, 0.1) is 0 Å². The lowest BCUT2D eigenvalue weighted by Gasteiger charge is -2.15. The molecule has 34 heavy (non-hydrogen) atoms. The molecule has 0 bridgehead atoms. The lowest BCUT2D eigenvalue weighted by molar-refractivity contribution is -0.121. The standard InChI is InChI=1S/C27H25ClN4O2/c1-18(21-7-6-8-24(15-21)30-19(2)33)29-26(34)16-22-17-32(25-9-4-3-5-10-25)31-27(22)20-11-13-23(28)14-12-20/h3-15,17-18H,16H2,1-2H3,(H,29,34)(H,30,33)/t18-/m1/s1. The Kier molecular flexibility index (Phi) is 7.09. The maximum absolute atomic E-state index is 13.0. The van der Waals surface area contributed by atoms with Crippen LogP contribution in [0.5, 0.6) is 0 Å². The first-order valence-electron chi connectivity index (χ1n) is 11.0. The van der Waals surface area contributed by atoms with E-state index in [1.807, 2.05) is 92.0 Å². The van der Waals surface area contributed by atoms with Crippen LogP contribution >= 0.6 is 11.6 Å². The number of anilines is 1. The van der Waals surface area contributed by atoms with Crippen molar-refractivity contribution in [1.29, 1.82) is 0 Å². The molecule has 1 aromatic heterocycles. The van der Waals surface area contributed by atoms with Gasteiger partial charge in [-0.15, -0.1) is 0 Å². The summed E-state index contributed by atoms with van der Waals surface area (Å²) in [5.74, 6) is -0.265. The monoisotopic (exact) mass is 472 g/mol. The molecule has 0 aliphatic carbocycles. The number of aromatic nitrogens is 2. The van der Waals surface area contributed by atoms with Crippen molar-refractivity contribution in [3.05, 3.63) is 101 Å². The summed E-state index contributed by atoms with van der Waals surface area (Å²) in [6, 6.07) is 24.4. The molecule has 3 aromatic carbocycles. The normalized spacial score (nSPS) is 11.6. The minimum Gasteiger partial charge on any atom is -0.349 e. The van der Waals surface area contributed by atoms with Crippen molar-refractivity contribution in [2.45, 2.75) is 26.3 Å². The Morgan fingerprint density at radius 3 is 2.44 bits per heavy atom. The van der Waals surface area contributed by atoms with Gasteiger partial charge in [0.05, 0.1) is 23.8 Å². The zero-order chi connectivity index (χ0) is 24.1. The summed E-state index contributed by atoms with van der Waals surface area (Å²) >= 11 is 6.07. The molecule has 2 N–H and O–H groups in total. The third-order valence-electron chi connectivity index (χ3n) is 5.36. The number of rotatable bonds is 7. The minimum absolute atomic E-state index is 0.125. The second kappa shape index (κ2) is 10.4. The molecule has 0 saturated carbocycles. The summed E-state index contributed by atoms with van der Waals surface area (Å²) in [4.78, 5) is 24.4. The molecule has 0 unspecified atom stereocenters. The van der Waals surface area contributed by atoms with E-state index in [-0.39, 0.29) is 24.3 Å². The number of para-hydroxylation sites is 1. The van der Waals surface area contributed by atoms with Gasteiger partial charge in [0.1, 0.15) is 0 Å². The fourth-order valence-electron chi connectivity index (χ4n) is 3.74. The summed E-state index contributed by atoms with van der Waals surface area (Å²) in [5, 5.41) is 11.2. The van der Waals surface area contributed by atoms with Crippen LogP contribution in [-0.2, 0) is 16.0 Å². The van der Waals surface area contributed by atoms with Gasteiger partial charge in [0.25, 0.3) is 0 Å². The van der Waals surface area contributed by atoms with Gasteiger partial charge in [-0.05, 0) is 48.9 Å². The van der Waals surface area contributed by atoms with Gasteiger partial charge in [0, 0.05) is 35.0 Å². The molecule has 0 spiro atoms. The van der Waals surface area contributed by atoms with E-state index in [0.717, 1.165) is 28.1 Å². The molecular formula is C27H25ClN4O2. The van der Waals surface area contributed by atoms with Crippen molar-refractivity contribution >= 4 is 29.1 Å². The number of halogens is 1. The Labute approximate surface area is 203 Å². The molecular weight excluding hydrogens is 448 g/mol. The Hall–Kier alpha value is -3.90. The predicted molar refractivity (Wildman–Crippen MR) is 135 cm³/mol. The van der Waals surface area contributed by atoms with E-state index >= 15 is 0 Å². The van der Waals surface area contributed by atoms with Gasteiger partial charge in [0.2, 0.25) is 11.8 Å². The number of carbonyl (C=O) groups excluding carboxylic acids is 2. The second-order valence-electron chi connectivity index (χ2n) is 8.06. The summed E-state index contributed by atoms with van der Waals surface area (Å²) < 4.78 is 1.78. The number of amides is 2.